The Morgan fingerprint density at radius 1 is 1.18 bits per heavy atom. The number of rotatable bonds is 8. The van der Waals surface area contributed by atoms with E-state index in [0.717, 1.165) is 38.6 Å². The highest BCUT2D eigenvalue weighted by molar-refractivity contribution is 5.95. The van der Waals surface area contributed by atoms with Crippen LogP contribution in [0.1, 0.15) is 60.0 Å². The van der Waals surface area contributed by atoms with Crippen molar-refractivity contribution in [3.63, 3.8) is 0 Å². The fourth-order valence-electron chi connectivity index (χ4n) is 4.16. The quantitative estimate of drug-likeness (QED) is 0.505. The topological polar surface area (TPSA) is 38.3 Å². The number of hydrogen-bond acceptors (Lipinski definition) is 3. The SMILES string of the molecule is COC1(c2cccc(C)c2)CCC(NCCCC(=O)c2ccc(F)cc2)CC1. The Hall–Kier alpha value is -2.04. The molecule has 1 aliphatic carbocycles. The summed E-state index contributed by atoms with van der Waals surface area (Å²) >= 11 is 0. The molecule has 3 rings (SSSR count). The summed E-state index contributed by atoms with van der Waals surface area (Å²) in [5, 5.41) is 3.59. The normalized spacial score (nSPS) is 22.2. The Morgan fingerprint density at radius 2 is 1.89 bits per heavy atom. The van der Waals surface area contributed by atoms with Crippen LogP contribution in [-0.2, 0) is 10.3 Å². The molecular formula is C24H30FNO2. The Labute approximate surface area is 167 Å². The highest BCUT2D eigenvalue weighted by Crippen LogP contribution is 2.40. The molecule has 0 atom stereocenters. The first kappa shape index (κ1) is 20.7. The minimum Gasteiger partial charge on any atom is -0.374 e. The van der Waals surface area contributed by atoms with Gasteiger partial charge >= 0.3 is 0 Å². The van der Waals surface area contributed by atoms with E-state index in [-0.39, 0.29) is 17.2 Å². The third-order valence-corrected chi connectivity index (χ3v) is 5.91. The van der Waals surface area contributed by atoms with Gasteiger partial charge in [0.15, 0.2) is 5.78 Å². The summed E-state index contributed by atoms with van der Waals surface area (Å²) in [6, 6.07) is 14.9. The average molecular weight is 384 g/mol. The highest BCUT2D eigenvalue weighted by Gasteiger charge is 2.36. The number of carbonyl (C=O) groups is 1. The molecule has 2 aromatic rings. The number of ketones is 1. The molecule has 0 radical (unpaired) electrons. The maximum Gasteiger partial charge on any atom is 0.162 e. The van der Waals surface area contributed by atoms with Gasteiger partial charge in [-0.3, -0.25) is 4.79 Å². The maximum absolute atomic E-state index is 12.9. The van der Waals surface area contributed by atoms with Crippen molar-refractivity contribution < 1.29 is 13.9 Å². The lowest BCUT2D eigenvalue weighted by Gasteiger charge is -2.40. The molecule has 0 aliphatic heterocycles. The number of benzene rings is 2. The Bertz CT molecular complexity index is 779. The number of hydrogen-bond donors (Lipinski definition) is 1. The zero-order valence-corrected chi connectivity index (χ0v) is 16.8. The van der Waals surface area contributed by atoms with E-state index >= 15 is 0 Å². The van der Waals surface area contributed by atoms with Crippen molar-refractivity contribution in [2.75, 3.05) is 13.7 Å². The van der Waals surface area contributed by atoms with E-state index in [1.807, 2.05) is 7.11 Å². The molecule has 0 saturated heterocycles. The number of ether oxygens (including phenoxy) is 1. The van der Waals surface area contributed by atoms with Crippen LogP contribution in [0.2, 0.25) is 0 Å². The highest BCUT2D eigenvalue weighted by atomic mass is 19.1. The summed E-state index contributed by atoms with van der Waals surface area (Å²) in [6.45, 7) is 2.94. The molecule has 3 nitrogen and oxygen atoms in total. The third-order valence-electron chi connectivity index (χ3n) is 5.91. The lowest BCUT2D eigenvalue weighted by molar-refractivity contribution is -0.0500. The van der Waals surface area contributed by atoms with Crippen LogP contribution in [0.3, 0.4) is 0 Å². The first-order chi connectivity index (χ1) is 13.5. The maximum atomic E-state index is 12.9. The molecule has 1 saturated carbocycles. The number of halogens is 1. The predicted molar refractivity (Wildman–Crippen MR) is 110 cm³/mol. The van der Waals surface area contributed by atoms with Crippen molar-refractivity contribution in [3.05, 3.63) is 71.0 Å². The zero-order chi connectivity index (χ0) is 20.0. The molecular weight excluding hydrogens is 353 g/mol. The largest absolute Gasteiger partial charge is 0.374 e. The predicted octanol–water partition coefficient (Wildman–Crippen LogP) is 5.17. The summed E-state index contributed by atoms with van der Waals surface area (Å²) in [6.07, 6.45) is 5.40. The van der Waals surface area contributed by atoms with Gasteiger partial charge < -0.3 is 10.1 Å². The van der Waals surface area contributed by atoms with Crippen molar-refractivity contribution in [1.29, 1.82) is 0 Å². The lowest BCUT2D eigenvalue weighted by atomic mass is 9.77. The molecule has 0 amide bonds. The Morgan fingerprint density at radius 3 is 2.54 bits per heavy atom. The smallest absolute Gasteiger partial charge is 0.162 e. The molecule has 1 aliphatic rings. The van der Waals surface area contributed by atoms with Crippen molar-refractivity contribution in [2.45, 2.75) is 57.1 Å². The van der Waals surface area contributed by atoms with E-state index in [0.29, 0.717) is 18.0 Å². The van der Waals surface area contributed by atoms with Gasteiger partial charge in [0.25, 0.3) is 0 Å². The summed E-state index contributed by atoms with van der Waals surface area (Å²) in [4.78, 5) is 12.1. The van der Waals surface area contributed by atoms with Crippen LogP contribution < -0.4 is 5.32 Å². The fraction of sp³-hybridized carbons (Fsp3) is 0.458. The van der Waals surface area contributed by atoms with Crippen LogP contribution in [-0.4, -0.2) is 25.5 Å². The average Bonchev–Trinajstić information content (AvgIpc) is 2.72. The first-order valence-electron chi connectivity index (χ1n) is 10.2. The fourth-order valence-corrected chi connectivity index (χ4v) is 4.16. The second kappa shape index (κ2) is 9.44. The van der Waals surface area contributed by atoms with Crippen LogP contribution in [0.4, 0.5) is 4.39 Å². The van der Waals surface area contributed by atoms with Gasteiger partial charge in [0.05, 0.1) is 5.60 Å². The van der Waals surface area contributed by atoms with Gasteiger partial charge in [-0.05, 0) is 75.4 Å². The second-order valence-electron chi connectivity index (χ2n) is 7.83. The Kier molecular flexibility index (Phi) is 6.97. The molecule has 0 unspecified atom stereocenters. The van der Waals surface area contributed by atoms with E-state index < -0.39 is 0 Å². The number of aryl methyl sites for hydroxylation is 1. The molecule has 0 aromatic heterocycles. The molecule has 0 heterocycles. The molecule has 1 fully saturated rings. The molecule has 150 valence electrons. The van der Waals surface area contributed by atoms with Gasteiger partial charge in [0.1, 0.15) is 5.82 Å². The van der Waals surface area contributed by atoms with E-state index in [2.05, 4.69) is 36.5 Å². The van der Waals surface area contributed by atoms with Crippen molar-refractivity contribution in [3.8, 4) is 0 Å². The van der Waals surface area contributed by atoms with E-state index in [1.165, 1.54) is 23.3 Å². The van der Waals surface area contributed by atoms with E-state index in [9.17, 15) is 9.18 Å². The molecule has 0 bridgehead atoms. The minimum atomic E-state index is -0.312. The van der Waals surface area contributed by atoms with E-state index in [4.69, 9.17) is 4.74 Å². The summed E-state index contributed by atoms with van der Waals surface area (Å²) in [7, 11) is 1.82. The summed E-state index contributed by atoms with van der Waals surface area (Å²) in [5.41, 5.74) is 2.95. The molecule has 4 heteroatoms. The van der Waals surface area contributed by atoms with Gasteiger partial charge in [-0.1, -0.05) is 29.8 Å². The Balaban J connectivity index is 1.43. The molecule has 28 heavy (non-hydrogen) atoms. The van der Waals surface area contributed by atoms with Gasteiger partial charge in [-0.2, -0.15) is 0 Å². The minimum absolute atomic E-state index is 0.0725. The standard InChI is InChI=1S/C24H30FNO2/c1-18-5-3-6-20(17-18)24(28-2)14-12-22(13-15-24)26-16-4-7-23(27)19-8-10-21(25)11-9-19/h3,5-6,8-11,17,22,26H,4,7,12-16H2,1-2H3. The van der Waals surface area contributed by atoms with Crippen molar-refractivity contribution >= 4 is 5.78 Å². The van der Waals surface area contributed by atoms with Crippen LogP contribution >= 0.6 is 0 Å². The zero-order valence-electron chi connectivity index (χ0n) is 16.8. The number of Topliss-reactive ketones (excluding diaryl/α,β-unsaturated/α-hetero) is 1. The molecule has 2 aromatic carbocycles. The van der Waals surface area contributed by atoms with Gasteiger partial charge in [-0.25, -0.2) is 4.39 Å². The monoisotopic (exact) mass is 383 g/mol. The summed E-state index contributed by atoms with van der Waals surface area (Å²) < 4.78 is 18.9. The molecule has 0 spiro atoms. The molecule has 1 N–H and O–H groups in total. The van der Waals surface area contributed by atoms with Gasteiger partial charge in [-0.15, -0.1) is 0 Å². The lowest BCUT2D eigenvalue weighted by Crippen LogP contribution is -2.41. The van der Waals surface area contributed by atoms with Crippen LogP contribution in [0.25, 0.3) is 0 Å². The number of carbonyl (C=O) groups excluding carboxylic acids is 1. The summed E-state index contributed by atoms with van der Waals surface area (Å²) in [5.74, 6) is -0.239. The van der Waals surface area contributed by atoms with Crippen LogP contribution in [0, 0.1) is 12.7 Å². The van der Waals surface area contributed by atoms with Crippen LogP contribution in [0.15, 0.2) is 48.5 Å². The number of methoxy groups -OCH3 is 1. The third kappa shape index (κ3) is 5.06. The van der Waals surface area contributed by atoms with Crippen molar-refractivity contribution in [2.24, 2.45) is 0 Å². The van der Waals surface area contributed by atoms with Gasteiger partial charge in [0.2, 0.25) is 0 Å². The van der Waals surface area contributed by atoms with Crippen LogP contribution in [0.5, 0.6) is 0 Å². The second-order valence-corrected chi connectivity index (χ2v) is 7.83. The van der Waals surface area contributed by atoms with Gasteiger partial charge in [0, 0.05) is 25.1 Å². The first-order valence-corrected chi connectivity index (χ1v) is 10.2. The van der Waals surface area contributed by atoms with Crippen molar-refractivity contribution in [1.82, 2.24) is 5.32 Å². The number of nitrogens with one attached hydrogen (secondary N) is 1. The van der Waals surface area contributed by atoms with E-state index in [1.54, 1.807) is 12.1 Å².